The number of nitrogens with zero attached hydrogens (tertiary/aromatic N) is 2. The third kappa shape index (κ3) is 2.77. The summed E-state index contributed by atoms with van der Waals surface area (Å²) in [5.41, 5.74) is 2.33. The molecule has 0 amide bonds. The van der Waals surface area contributed by atoms with Gasteiger partial charge in [-0.25, -0.2) is 0 Å². The summed E-state index contributed by atoms with van der Waals surface area (Å²) in [6.45, 7) is 5.01. The largest absolute Gasteiger partial charge is 0.468 e. The van der Waals surface area contributed by atoms with E-state index >= 15 is 0 Å². The Hall–Kier alpha value is -1.55. The molecule has 0 aliphatic rings. The molecule has 0 bridgehead atoms. The third-order valence-corrected chi connectivity index (χ3v) is 2.95. The van der Waals surface area contributed by atoms with Crippen molar-refractivity contribution in [1.82, 2.24) is 15.1 Å². The van der Waals surface area contributed by atoms with Crippen molar-refractivity contribution in [2.45, 2.75) is 32.9 Å². The van der Waals surface area contributed by atoms with Crippen molar-refractivity contribution in [3.8, 4) is 0 Å². The predicted molar refractivity (Wildman–Crippen MR) is 66.5 cm³/mol. The van der Waals surface area contributed by atoms with Crippen molar-refractivity contribution in [3.63, 3.8) is 0 Å². The fourth-order valence-corrected chi connectivity index (χ4v) is 1.81. The molecule has 0 aliphatic carbocycles. The summed E-state index contributed by atoms with van der Waals surface area (Å²) in [6.07, 6.45) is 2.67. The molecule has 2 aromatic rings. The minimum Gasteiger partial charge on any atom is -0.468 e. The molecule has 0 spiro atoms. The van der Waals surface area contributed by atoms with E-state index in [0.29, 0.717) is 0 Å². The Morgan fingerprint density at radius 1 is 1.53 bits per heavy atom. The second-order valence-corrected chi connectivity index (χ2v) is 4.22. The molecule has 4 heteroatoms. The zero-order valence-electron chi connectivity index (χ0n) is 10.6. The zero-order valence-corrected chi connectivity index (χ0v) is 10.6. The van der Waals surface area contributed by atoms with E-state index < -0.39 is 0 Å². The van der Waals surface area contributed by atoms with Crippen LogP contribution in [-0.2, 0) is 20.0 Å². The average Bonchev–Trinajstić information content (AvgIpc) is 2.95. The summed E-state index contributed by atoms with van der Waals surface area (Å²) in [7, 11) is 1.98. The Morgan fingerprint density at radius 3 is 2.94 bits per heavy atom. The van der Waals surface area contributed by atoms with Gasteiger partial charge in [-0.15, -0.1) is 0 Å². The quantitative estimate of drug-likeness (QED) is 0.862. The van der Waals surface area contributed by atoms with E-state index in [-0.39, 0.29) is 6.04 Å². The first kappa shape index (κ1) is 11.9. The molecule has 2 heterocycles. The Labute approximate surface area is 102 Å². The number of furan rings is 1. The molecule has 1 unspecified atom stereocenters. The first-order valence-corrected chi connectivity index (χ1v) is 5.99. The summed E-state index contributed by atoms with van der Waals surface area (Å²) in [4.78, 5) is 0. The molecule has 1 atom stereocenters. The van der Waals surface area contributed by atoms with Gasteiger partial charge >= 0.3 is 0 Å². The Morgan fingerprint density at radius 2 is 2.35 bits per heavy atom. The molecule has 2 rings (SSSR count). The van der Waals surface area contributed by atoms with Gasteiger partial charge in [-0.2, -0.15) is 5.10 Å². The van der Waals surface area contributed by atoms with Crippen molar-refractivity contribution < 1.29 is 4.42 Å². The van der Waals surface area contributed by atoms with Crippen LogP contribution in [0.1, 0.15) is 37.0 Å². The van der Waals surface area contributed by atoms with Gasteiger partial charge in [-0.3, -0.25) is 4.68 Å². The highest BCUT2D eigenvalue weighted by Crippen LogP contribution is 2.13. The van der Waals surface area contributed by atoms with Crippen molar-refractivity contribution in [1.29, 1.82) is 0 Å². The molecular weight excluding hydrogens is 214 g/mol. The van der Waals surface area contributed by atoms with Gasteiger partial charge in [-0.1, -0.05) is 6.92 Å². The van der Waals surface area contributed by atoms with Gasteiger partial charge in [0, 0.05) is 13.6 Å². The van der Waals surface area contributed by atoms with Crippen molar-refractivity contribution >= 4 is 0 Å². The van der Waals surface area contributed by atoms with E-state index in [1.165, 1.54) is 5.69 Å². The van der Waals surface area contributed by atoms with E-state index in [0.717, 1.165) is 24.4 Å². The Kier molecular flexibility index (Phi) is 3.64. The smallest absolute Gasteiger partial charge is 0.120 e. The van der Waals surface area contributed by atoms with Crippen LogP contribution in [-0.4, -0.2) is 9.78 Å². The fraction of sp³-hybridized carbons (Fsp3) is 0.462. The number of aryl methyl sites for hydroxylation is 2. The van der Waals surface area contributed by atoms with Gasteiger partial charge in [0.05, 0.1) is 23.7 Å². The molecule has 1 N–H and O–H groups in total. The summed E-state index contributed by atoms with van der Waals surface area (Å²) >= 11 is 0. The highest BCUT2D eigenvalue weighted by Gasteiger charge is 2.09. The first-order chi connectivity index (χ1) is 8.20. The van der Waals surface area contributed by atoms with Gasteiger partial charge < -0.3 is 9.73 Å². The second kappa shape index (κ2) is 5.19. The summed E-state index contributed by atoms with van der Waals surface area (Å²) in [5.74, 6) is 0.961. The van der Waals surface area contributed by atoms with Crippen LogP contribution in [0.25, 0.3) is 0 Å². The first-order valence-electron chi connectivity index (χ1n) is 5.99. The summed E-state index contributed by atoms with van der Waals surface area (Å²) in [6, 6.07) is 6.25. The summed E-state index contributed by atoms with van der Waals surface area (Å²) < 4.78 is 7.29. The van der Waals surface area contributed by atoms with Crippen LogP contribution in [0.4, 0.5) is 0 Å². The van der Waals surface area contributed by atoms with Crippen molar-refractivity contribution in [3.05, 3.63) is 41.6 Å². The monoisotopic (exact) mass is 233 g/mol. The molecule has 0 saturated heterocycles. The maximum absolute atomic E-state index is 5.36. The maximum atomic E-state index is 5.36. The van der Waals surface area contributed by atoms with Crippen LogP contribution in [0.15, 0.2) is 28.9 Å². The number of hydrogen-bond acceptors (Lipinski definition) is 3. The third-order valence-electron chi connectivity index (χ3n) is 2.95. The van der Waals surface area contributed by atoms with Crippen LogP contribution in [0.2, 0.25) is 0 Å². The van der Waals surface area contributed by atoms with Crippen LogP contribution in [0.5, 0.6) is 0 Å². The molecule has 4 nitrogen and oxygen atoms in total. The number of aromatic nitrogens is 2. The lowest BCUT2D eigenvalue weighted by Crippen LogP contribution is -2.19. The lowest BCUT2D eigenvalue weighted by atomic mass is 10.2. The number of rotatable bonds is 5. The van der Waals surface area contributed by atoms with Crippen molar-refractivity contribution in [2.24, 2.45) is 7.05 Å². The topological polar surface area (TPSA) is 43.0 Å². The van der Waals surface area contributed by atoms with E-state index in [1.54, 1.807) is 6.26 Å². The van der Waals surface area contributed by atoms with Crippen LogP contribution in [0.3, 0.4) is 0 Å². The molecule has 17 heavy (non-hydrogen) atoms. The standard InChI is InChI=1S/C13H19N3O/c1-4-11-8-12(16(3)15-11)9-14-10(2)13-6-5-7-17-13/h5-8,10,14H,4,9H2,1-3H3. The normalized spacial score (nSPS) is 12.9. The van der Waals surface area contributed by atoms with Gasteiger partial charge in [0.25, 0.3) is 0 Å². The van der Waals surface area contributed by atoms with Crippen LogP contribution in [0, 0.1) is 0 Å². The van der Waals surface area contributed by atoms with E-state index in [1.807, 2.05) is 23.9 Å². The van der Waals surface area contributed by atoms with Gasteiger partial charge in [0.15, 0.2) is 0 Å². The SMILES string of the molecule is CCc1cc(CNC(C)c2ccco2)n(C)n1. The molecular formula is C13H19N3O. The van der Waals surface area contributed by atoms with E-state index in [4.69, 9.17) is 4.42 Å². The van der Waals surface area contributed by atoms with E-state index in [2.05, 4.69) is 30.3 Å². The lowest BCUT2D eigenvalue weighted by Gasteiger charge is -2.10. The Balaban J connectivity index is 1.95. The molecule has 0 aliphatic heterocycles. The maximum Gasteiger partial charge on any atom is 0.120 e. The minimum atomic E-state index is 0.213. The molecule has 0 aromatic carbocycles. The van der Waals surface area contributed by atoms with Crippen LogP contribution >= 0.6 is 0 Å². The zero-order chi connectivity index (χ0) is 12.3. The predicted octanol–water partition coefficient (Wildman–Crippen LogP) is 2.43. The fourth-order valence-electron chi connectivity index (χ4n) is 1.81. The molecule has 0 radical (unpaired) electrons. The minimum absolute atomic E-state index is 0.213. The summed E-state index contributed by atoms with van der Waals surface area (Å²) in [5, 5.41) is 7.85. The average molecular weight is 233 g/mol. The number of hydrogen-bond donors (Lipinski definition) is 1. The van der Waals surface area contributed by atoms with Gasteiger partial charge in [-0.05, 0) is 31.5 Å². The van der Waals surface area contributed by atoms with Gasteiger partial charge in [0.2, 0.25) is 0 Å². The second-order valence-electron chi connectivity index (χ2n) is 4.22. The van der Waals surface area contributed by atoms with Crippen LogP contribution < -0.4 is 5.32 Å². The molecule has 92 valence electrons. The van der Waals surface area contributed by atoms with Crippen molar-refractivity contribution in [2.75, 3.05) is 0 Å². The number of nitrogens with one attached hydrogen (secondary N) is 1. The highest BCUT2D eigenvalue weighted by atomic mass is 16.3. The molecule has 0 fully saturated rings. The lowest BCUT2D eigenvalue weighted by molar-refractivity contribution is 0.426. The highest BCUT2D eigenvalue weighted by molar-refractivity contribution is 5.11. The molecule has 2 aromatic heterocycles. The van der Waals surface area contributed by atoms with E-state index in [9.17, 15) is 0 Å². The molecule has 0 saturated carbocycles. The Bertz CT molecular complexity index is 459. The van der Waals surface area contributed by atoms with Gasteiger partial charge in [0.1, 0.15) is 5.76 Å².